The molecular formula is C35H44O4. The van der Waals surface area contributed by atoms with Gasteiger partial charge in [0.05, 0.1) is 13.2 Å². The van der Waals surface area contributed by atoms with Gasteiger partial charge in [0.25, 0.3) is 0 Å². The van der Waals surface area contributed by atoms with Crippen LogP contribution < -0.4 is 0 Å². The lowest BCUT2D eigenvalue weighted by molar-refractivity contribution is -0.139. The molecule has 0 amide bonds. The standard InChI is InChI=1S/C35H44O4/c1-3-34(36)38-24-6-5-7-26-8-12-28(13-9-26)30-16-20-32(21-17-30)33-22-18-31(19-23-33)29-14-10-27(11-15-29)25-39-35(37)4-2/h3-4,16-23,26-29H,1-2,5-15,24-25H2. The Morgan fingerprint density at radius 3 is 1.59 bits per heavy atom. The molecule has 0 saturated heterocycles. The third-order valence-corrected chi connectivity index (χ3v) is 8.84. The van der Waals surface area contributed by atoms with Gasteiger partial charge in [0.15, 0.2) is 0 Å². The van der Waals surface area contributed by atoms with E-state index in [1.54, 1.807) is 0 Å². The molecule has 2 aliphatic carbocycles. The van der Waals surface area contributed by atoms with E-state index in [9.17, 15) is 9.59 Å². The van der Waals surface area contributed by atoms with Gasteiger partial charge in [0.2, 0.25) is 0 Å². The Bertz CT molecular complexity index is 1070. The molecule has 0 aliphatic heterocycles. The molecule has 4 rings (SSSR count). The molecule has 39 heavy (non-hydrogen) atoms. The predicted molar refractivity (Wildman–Crippen MR) is 157 cm³/mol. The number of carbonyl (C=O) groups excluding carboxylic acids is 2. The van der Waals surface area contributed by atoms with Crippen LogP contribution in [0.2, 0.25) is 0 Å². The largest absolute Gasteiger partial charge is 0.463 e. The van der Waals surface area contributed by atoms with Crippen LogP contribution in [0, 0.1) is 11.8 Å². The summed E-state index contributed by atoms with van der Waals surface area (Å²) in [6.07, 6.45) is 15.4. The number of ether oxygens (including phenoxy) is 2. The molecule has 2 aromatic rings. The molecule has 2 saturated carbocycles. The fraction of sp³-hybridized carbons (Fsp3) is 0.486. The van der Waals surface area contributed by atoms with Crippen LogP contribution in [0.3, 0.4) is 0 Å². The van der Waals surface area contributed by atoms with Gasteiger partial charge in [-0.1, -0.05) is 68.1 Å². The van der Waals surface area contributed by atoms with Gasteiger partial charge in [0.1, 0.15) is 0 Å². The number of unbranched alkanes of at least 4 members (excludes halogenated alkanes) is 1. The van der Waals surface area contributed by atoms with Crippen molar-refractivity contribution in [3.8, 4) is 11.1 Å². The number of benzene rings is 2. The molecule has 4 heteroatoms. The molecule has 0 unspecified atom stereocenters. The van der Waals surface area contributed by atoms with Crippen LogP contribution in [0.1, 0.15) is 93.6 Å². The molecule has 0 radical (unpaired) electrons. The van der Waals surface area contributed by atoms with E-state index in [0.717, 1.165) is 44.4 Å². The van der Waals surface area contributed by atoms with Crippen LogP contribution in [0.25, 0.3) is 11.1 Å². The van der Waals surface area contributed by atoms with Gasteiger partial charge in [-0.05, 0) is 110 Å². The summed E-state index contributed by atoms with van der Waals surface area (Å²) in [5, 5.41) is 0. The molecule has 208 valence electrons. The molecule has 2 aliphatic rings. The van der Waals surface area contributed by atoms with E-state index in [1.165, 1.54) is 66.5 Å². The van der Waals surface area contributed by atoms with E-state index in [1.807, 2.05) is 0 Å². The van der Waals surface area contributed by atoms with Crippen molar-refractivity contribution in [2.45, 2.75) is 82.5 Å². The number of hydrogen-bond donors (Lipinski definition) is 0. The quantitative estimate of drug-likeness (QED) is 0.157. The summed E-state index contributed by atoms with van der Waals surface area (Å²) >= 11 is 0. The van der Waals surface area contributed by atoms with Gasteiger partial charge in [-0.3, -0.25) is 0 Å². The second-order valence-electron chi connectivity index (χ2n) is 11.4. The molecule has 0 bridgehead atoms. The van der Waals surface area contributed by atoms with Crippen molar-refractivity contribution in [3.63, 3.8) is 0 Å². The summed E-state index contributed by atoms with van der Waals surface area (Å²) in [6.45, 7) is 7.92. The van der Waals surface area contributed by atoms with Gasteiger partial charge < -0.3 is 9.47 Å². The molecule has 0 atom stereocenters. The predicted octanol–water partition coefficient (Wildman–Crippen LogP) is 8.53. The van der Waals surface area contributed by atoms with E-state index in [2.05, 4.69) is 61.7 Å². The number of carbonyl (C=O) groups is 2. The van der Waals surface area contributed by atoms with Gasteiger partial charge >= 0.3 is 11.9 Å². The zero-order valence-corrected chi connectivity index (χ0v) is 23.3. The highest BCUT2D eigenvalue weighted by Crippen LogP contribution is 2.39. The molecule has 2 fully saturated rings. The van der Waals surface area contributed by atoms with Gasteiger partial charge in [-0.2, -0.15) is 0 Å². The first-order valence-corrected chi connectivity index (χ1v) is 14.8. The molecule has 0 N–H and O–H groups in total. The fourth-order valence-corrected chi connectivity index (χ4v) is 6.37. The highest BCUT2D eigenvalue weighted by molar-refractivity contribution is 5.81. The van der Waals surface area contributed by atoms with Gasteiger partial charge in [-0.25, -0.2) is 9.59 Å². The first kappa shape index (κ1) is 28.9. The van der Waals surface area contributed by atoms with Crippen LogP contribution >= 0.6 is 0 Å². The minimum atomic E-state index is -0.320. The molecule has 2 aromatic carbocycles. The van der Waals surface area contributed by atoms with E-state index in [-0.39, 0.29) is 11.9 Å². The van der Waals surface area contributed by atoms with E-state index >= 15 is 0 Å². The average molecular weight is 529 g/mol. The fourth-order valence-electron chi connectivity index (χ4n) is 6.37. The smallest absolute Gasteiger partial charge is 0.330 e. The molecule has 0 aromatic heterocycles. The maximum absolute atomic E-state index is 11.3. The Morgan fingerprint density at radius 2 is 1.10 bits per heavy atom. The van der Waals surface area contributed by atoms with Crippen LogP contribution in [0.4, 0.5) is 0 Å². The number of esters is 2. The normalized spacial score (nSPS) is 23.0. The number of hydrogen-bond acceptors (Lipinski definition) is 4. The Morgan fingerprint density at radius 1 is 0.641 bits per heavy atom. The minimum absolute atomic E-state index is 0.318. The third-order valence-electron chi connectivity index (χ3n) is 8.84. The van der Waals surface area contributed by atoms with E-state index in [4.69, 9.17) is 9.47 Å². The lowest BCUT2D eigenvalue weighted by Crippen LogP contribution is -2.19. The highest BCUT2D eigenvalue weighted by Gasteiger charge is 2.24. The zero-order valence-electron chi connectivity index (χ0n) is 23.3. The second-order valence-corrected chi connectivity index (χ2v) is 11.4. The Balaban J connectivity index is 1.19. The molecule has 0 spiro atoms. The summed E-state index contributed by atoms with van der Waals surface area (Å²) < 4.78 is 10.3. The average Bonchev–Trinajstić information content (AvgIpc) is 3.00. The molecule has 0 heterocycles. The summed E-state index contributed by atoms with van der Waals surface area (Å²) in [6, 6.07) is 18.4. The summed E-state index contributed by atoms with van der Waals surface area (Å²) in [7, 11) is 0. The topological polar surface area (TPSA) is 52.6 Å². The van der Waals surface area contributed by atoms with Crippen LogP contribution in [-0.4, -0.2) is 25.2 Å². The van der Waals surface area contributed by atoms with Crippen molar-refractivity contribution < 1.29 is 19.1 Å². The van der Waals surface area contributed by atoms with E-state index < -0.39 is 0 Å². The van der Waals surface area contributed by atoms with Crippen molar-refractivity contribution in [1.82, 2.24) is 0 Å². The highest BCUT2D eigenvalue weighted by atomic mass is 16.5. The van der Waals surface area contributed by atoms with Crippen LogP contribution in [0.5, 0.6) is 0 Å². The lowest BCUT2D eigenvalue weighted by Gasteiger charge is -2.29. The summed E-state index contributed by atoms with van der Waals surface area (Å²) in [5.74, 6) is 1.90. The maximum Gasteiger partial charge on any atom is 0.330 e. The monoisotopic (exact) mass is 528 g/mol. The second kappa shape index (κ2) is 14.9. The lowest BCUT2D eigenvalue weighted by atomic mass is 9.77. The van der Waals surface area contributed by atoms with Crippen molar-refractivity contribution in [1.29, 1.82) is 0 Å². The van der Waals surface area contributed by atoms with Crippen molar-refractivity contribution in [2.24, 2.45) is 11.8 Å². The Labute approximate surface area is 234 Å². The van der Waals surface area contributed by atoms with Crippen molar-refractivity contribution in [3.05, 3.63) is 85.0 Å². The SMILES string of the molecule is C=CC(=O)OCCCCC1CCC(c2ccc(-c3ccc(C4CCC(COC(=O)C=C)CC4)cc3)cc2)CC1. The third kappa shape index (κ3) is 8.68. The minimum Gasteiger partial charge on any atom is -0.463 e. The van der Waals surface area contributed by atoms with Crippen molar-refractivity contribution in [2.75, 3.05) is 13.2 Å². The Kier molecular flexibility index (Phi) is 11.0. The maximum atomic E-state index is 11.3. The summed E-state index contributed by atoms with van der Waals surface area (Å²) in [4.78, 5) is 22.4. The first-order valence-electron chi connectivity index (χ1n) is 14.8. The zero-order chi connectivity index (χ0) is 27.5. The van der Waals surface area contributed by atoms with Gasteiger partial charge in [0, 0.05) is 12.2 Å². The molecular weight excluding hydrogens is 484 g/mol. The first-order chi connectivity index (χ1) is 19.1. The number of rotatable bonds is 12. The Hall–Kier alpha value is -3.14. The van der Waals surface area contributed by atoms with Gasteiger partial charge in [-0.15, -0.1) is 0 Å². The van der Waals surface area contributed by atoms with E-state index in [0.29, 0.717) is 31.0 Å². The summed E-state index contributed by atoms with van der Waals surface area (Å²) in [5.41, 5.74) is 5.45. The van der Waals surface area contributed by atoms with Crippen LogP contribution in [-0.2, 0) is 19.1 Å². The molecule has 4 nitrogen and oxygen atoms in total. The van der Waals surface area contributed by atoms with Crippen molar-refractivity contribution >= 4 is 11.9 Å². The van der Waals surface area contributed by atoms with Crippen LogP contribution in [0.15, 0.2) is 73.8 Å².